The summed E-state index contributed by atoms with van der Waals surface area (Å²) < 4.78 is 18.9. The van der Waals surface area contributed by atoms with Crippen molar-refractivity contribution in [3.8, 4) is 16.9 Å². The second kappa shape index (κ2) is 9.29. The number of aryl methyl sites for hydroxylation is 2. The van der Waals surface area contributed by atoms with Crippen LogP contribution in [0.3, 0.4) is 0 Å². The van der Waals surface area contributed by atoms with Gasteiger partial charge in [0.15, 0.2) is 0 Å². The van der Waals surface area contributed by atoms with Crippen molar-refractivity contribution in [1.29, 1.82) is 0 Å². The minimum absolute atomic E-state index is 0.0320. The van der Waals surface area contributed by atoms with Gasteiger partial charge >= 0.3 is 11.9 Å². The van der Waals surface area contributed by atoms with Gasteiger partial charge < -0.3 is 19.1 Å². The molecule has 0 fully saturated rings. The van der Waals surface area contributed by atoms with E-state index in [0.29, 0.717) is 5.69 Å². The van der Waals surface area contributed by atoms with E-state index in [-0.39, 0.29) is 24.6 Å². The fraction of sp³-hybridized carbons (Fsp3) is 0.304. The lowest BCUT2D eigenvalue weighted by Gasteiger charge is -2.31. The number of ether oxygens (including phenoxy) is 3. The molecule has 0 saturated carbocycles. The molecular formula is C23H25N5O5. The van der Waals surface area contributed by atoms with Crippen LogP contribution in [0.2, 0.25) is 0 Å². The first-order valence-corrected chi connectivity index (χ1v) is 10.4. The predicted octanol–water partition coefficient (Wildman–Crippen LogP) is 2.46. The first-order valence-electron chi connectivity index (χ1n) is 10.4. The monoisotopic (exact) mass is 451 g/mol. The number of carbonyl (C=O) groups is 2. The maximum Gasteiger partial charge on any atom is 0.355 e. The number of nitrogens with zero attached hydrogens (tertiary/aromatic N) is 5. The number of carbonyl (C=O) groups excluding carboxylic acids is 2. The molecule has 33 heavy (non-hydrogen) atoms. The standard InChI is InChI=1S/C23H25N5O5/c1-5-26-12-18(15(2)24-26)20-10-11-28(25-20)17-8-6-16(7-9-17)27-14-33-13-19(22(29)31-3)21(27)23(30)32-4/h6-12H,5,13-14H2,1-4H3. The summed E-state index contributed by atoms with van der Waals surface area (Å²) in [6, 6.07) is 9.33. The van der Waals surface area contributed by atoms with Gasteiger partial charge in [-0.3, -0.25) is 4.68 Å². The lowest BCUT2D eigenvalue weighted by molar-refractivity contribution is -0.140. The molecule has 0 atom stereocenters. The lowest BCUT2D eigenvalue weighted by atomic mass is 10.1. The van der Waals surface area contributed by atoms with Gasteiger partial charge in [-0.05, 0) is 44.2 Å². The Hall–Kier alpha value is -3.92. The van der Waals surface area contributed by atoms with Crippen LogP contribution in [0.5, 0.6) is 0 Å². The van der Waals surface area contributed by atoms with Crippen LogP contribution in [-0.4, -0.2) is 59.1 Å². The molecule has 3 heterocycles. The number of hydrogen-bond acceptors (Lipinski definition) is 8. The third-order valence-electron chi connectivity index (χ3n) is 5.39. The Kier molecular flexibility index (Phi) is 6.27. The molecule has 0 radical (unpaired) electrons. The number of anilines is 1. The molecule has 0 saturated heterocycles. The van der Waals surface area contributed by atoms with Gasteiger partial charge in [0.2, 0.25) is 0 Å². The van der Waals surface area contributed by atoms with Crippen LogP contribution >= 0.6 is 0 Å². The van der Waals surface area contributed by atoms with E-state index in [4.69, 9.17) is 14.2 Å². The van der Waals surface area contributed by atoms with Crippen LogP contribution < -0.4 is 4.90 Å². The van der Waals surface area contributed by atoms with E-state index in [1.165, 1.54) is 14.2 Å². The summed E-state index contributed by atoms with van der Waals surface area (Å²) in [5.41, 5.74) is 4.45. The third-order valence-corrected chi connectivity index (χ3v) is 5.39. The Balaban J connectivity index is 1.63. The van der Waals surface area contributed by atoms with Gasteiger partial charge in [0.25, 0.3) is 0 Å². The summed E-state index contributed by atoms with van der Waals surface area (Å²) in [6.45, 7) is 4.86. The topological polar surface area (TPSA) is 101 Å². The SMILES string of the molecule is CCn1cc(-c2ccn(-c3ccc(N4COCC(C(=O)OC)=C4C(=O)OC)cc3)n2)c(C)n1. The Labute approximate surface area is 191 Å². The third kappa shape index (κ3) is 4.24. The van der Waals surface area contributed by atoms with Crippen LogP contribution in [0.1, 0.15) is 12.6 Å². The largest absolute Gasteiger partial charge is 0.466 e. The highest BCUT2D eigenvalue weighted by Crippen LogP contribution is 2.28. The molecule has 3 aromatic rings. The molecular weight excluding hydrogens is 426 g/mol. The summed E-state index contributed by atoms with van der Waals surface area (Å²) in [6.07, 6.45) is 3.87. The Bertz CT molecular complexity index is 1210. The first-order chi connectivity index (χ1) is 16.0. The van der Waals surface area contributed by atoms with Crippen LogP contribution in [0.15, 0.2) is 54.0 Å². The van der Waals surface area contributed by atoms with Gasteiger partial charge in [0.05, 0.1) is 43.5 Å². The lowest BCUT2D eigenvalue weighted by Crippen LogP contribution is -2.38. The van der Waals surface area contributed by atoms with Gasteiger partial charge in [0.1, 0.15) is 12.4 Å². The summed E-state index contributed by atoms with van der Waals surface area (Å²) in [5.74, 6) is -1.27. The van der Waals surface area contributed by atoms with Crippen molar-refractivity contribution in [3.05, 3.63) is 59.7 Å². The normalized spacial score (nSPS) is 13.9. The molecule has 4 rings (SSSR count). The fourth-order valence-electron chi connectivity index (χ4n) is 3.68. The van der Waals surface area contributed by atoms with E-state index in [1.807, 2.05) is 61.3 Å². The first kappa shape index (κ1) is 22.3. The number of hydrogen-bond donors (Lipinski definition) is 0. The van der Waals surface area contributed by atoms with Crippen molar-refractivity contribution in [2.45, 2.75) is 20.4 Å². The Morgan fingerprint density at radius 2 is 1.73 bits per heavy atom. The zero-order valence-corrected chi connectivity index (χ0v) is 18.9. The average Bonchev–Trinajstić information content (AvgIpc) is 3.49. The van der Waals surface area contributed by atoms with Gasteiger partial charge in [-0.25, -0.2) is 14.3 Å². The number of methoxy groups -OCH3 is 2. The van der Waals surface area contributed by atoms with E-state index < -0.39 is 11.9 Å². The molecule has 0 unspecified atom stereocenters. The summed E-state index contributed by atoms with van der Waals surface area (Å²) in [4.78, 5) is 26.2. The van der Waals surface area contributed by atoms with Crippen molar-refractivity contribution in [1.82, 2.24) is 19.6 Å². The molecule has 2 aromatic heterocycles. The molecule has 0 aliphatic carbocycles. The van der Waals surface area contributed by atoms with E-state index in [1.54, 1.807) is 9.58 Å². The minimum atomic E-state index is -0.637. The minimum Gasteiger partial charge on any atom is -0.466 e. The van der Waals surface area contributed by atoms with Crippen LogP contribution in [0, 0.1) is 6.92 Å². The number of aromatic nitrogens is 4. The van der Waals surface area contributed by atoms with E-state index in [2.05, 4.69) is 10.2 Å². The van der Waals surface area contributed by atoms with Gasteiger partial charge in [-0.15, -0.1) is 0 Å². The molecule has 0 N–H and O–H groups in total. The zero-order valence-electron chi connectivity index (χ0n) is 18.9. The van der Waals surface area contributed by atoms with Gasteiger partial charge in [-0.1, -0.05) is 0 Å². The molecule has 0 spiro atoms. The van der Waals surface area contributed by atoms with E-state index >= 15 is 0 Å². The summed E-state index contributed by atoms with van der Waals surface area (Å²) in [5, 5.41) is 9.16. The second-order valence-corrected chi connectivity index (χ2v) is 7.36. The second-order valence-electron chi connectivity index (χ2n) is 7.36. The highest BCUT2D eigenvalue weighted by Gasteiger charge is 2.32. The van der Waals surface area contributed by atoms with Crippen molar-refractivity contribution in [3.63, 3.8) is 0 Å². The molecule has 1 aliphatic rings. The maximum atomic E-state index is 12.5. The number of esters is 2. The zero-order chi connectivity index (χ0) is 23.5. The van der Waals surface area contributed by atoms with E-state index in [0.717, 1.165) is 29.2 Å². The smallest absolute Gasteiger partial charge is 0.355 e. The molecule has 10 nitrogen and oxygen atoms in total. The van der Waals surface area contributed by atoms with Crippen LogP contribution in [0.4, 0.5) is 5.69 Å². The highest BCUT2D eigenvalue weighted by molar-refractivity contribution is 6.03. The molecule has 10 heteroatoms. The number of benzene rings is 1. The Morgan fingerprint density at radius 1 is 1.03 bits per heavy atom. The Morgan fingerprint density at radius 3 is 2.36 bits per heavy atom. The van der Waals surface area contributed by atoms with Gasteiger partial charge in [0, 0.05) is 30.2 Å². The van der Waals surface area contributed by atoms with Crippen LogP contribution in [-0.2, 0) is 30.3 Å². The van der Waals surface area contributed by atoms with E-state index in [9.17, 15) is 9.59 Å². The van der Waals surface area contributed by atoms with Gasteiger partial charge in [-0.2, -0.15) is 10.2 Å². The maximum absolute atomic E-state index is 12.5. The van der Waals surface area contributed by atoms with Crippen LogP contribution in [0.25, 0.3) is 16.9 Å². The van der Waals surface area contributed by atoms with Crippen molar-refractivity contribution >= 4 is 17.6 Å². The summed E-state index contributed by atoms with van der Waals surface area (Å²) in [7, 11) is 2.52. The highest BCUT2D eigenvalue weighted by atomic mass is 16.5. The molecule has 1 aromatic carbocycles. The van der Waals surface area contributed by atoms with Crippen molar-refractivity contribution in [2.24, 2.45) is 0 Å². The summed E-state index contributed by atoms with van der Waals surface area (Å²) >= 11 is 0. The molecule has 0 amide bonds. The van der Waals surface area contributed by atoms with Crippen molar-refractivity contribution < 1.29 is 23.8 Å². The molecule has 0 bridgehead atoms. The number of rotatable bonds is 6. The fourth-order valence-corrected chi connectivity index (χ4v) is 3.68. The average molecular weight is 451 g/mol. The molecule has 172 valence electrons. The van der Waals surface area contributed by atoms with Crippen molar-refractivity contribution in [2.75, 3.05) is 32.5 Å². The predicted molar refractivity (Wildman–Crippen MR) is 120 cm³/mol. The molecule has 1 aliphatic heterocycles. The quantitative estimate of drug-likeness (QED) is 0.527.